The Kier molecular flexibility index (Phi) is 8.49. The van der Waals surface area contributed by atoms with Crippen molar-refractivity contribution in [1.29, 1.82) is 0 Å². The lowest BCUT2D eigenvalue weighted by molar-refractivity contribution is 0.369. The Labute approximate surface area is 192 Å². The molecule has 1 aliphatic rings. The molecule has 0 unspecified atom stereocenters. The lowest BCUT2D eigenvalue weighted by atomic mass is 9.74. The quantitative estimate of drug-likeness (QED) is 0.209. The minimum atomic E-state index is -0.446. The average molecular weight is 479 g/mol. The number of alkyl halides is 1. The number of allylic oxidation sites excluding steroid dienone is 2. The standard InChI is InChI=1S/C18H15P.C10H17Br/c1-4-10-16(11-5-1)19(17-12-6-2-7-13-17)18-14-8-3-9-15-18;1-8-5-4-6-10(2,3)9(8)7-11/h1-15H;4-7H2,1-3H3. The Hall–Kier alpha value is -1.69. The second-order valence-corrected chi connectivity index (χ2v) is 11.3. The SMILES string of the molecule is CC1=C(CBr)C(C)(C)CCC1.c1ccc(P(c2ccccc2)c2ccccc2)cc1. The first-order valence-electron chi connectivity index (χ1n) is 10.7. The highest BCUT2D eigenvalue weighted by Gasteiger charge is 2.27. The van der Waals surface area contributed by atoms with Crippen LogP contribution in [0.25, 0.3) is 0 Å². The van der Waals surface area contributed by atoms with Crippen LogP contribution in [-0.4, -0.2) is 5.33 Å². The first kappa shape index (κ1) is 23.0. The highest BCUT2D eigenvalue weighted by Crippen LogP contribution is 2.40. The zero-order valence-electron chi connectivity index (χ0n) is 18.3. The molecule has 0 saturated heterocycles. The molecule has 0 radical (unpaired) electrons. The van der Waals surface area contributed by atoms with Crippen LogP contribution < -0.4 is 15.9 Å². The zero-order chi connectivity index (χ0) is 21.4. The van der Waals surface area contributed by atoms with Gasteiger partial charge in [-0.1, -0.05) is 132 Å². The molecule has 0 N–H and O–H groups in total. The van der Waals surface area contributed by atoms with Crippen LogP contribution in [0.2, 0.25) is 0 Å². The van der Waals surface area contributed by atoms with Gasteiger partial charge in [0.1, 0.15) is 0 Å². The lowest BCUT2D eigenvalue weighted by Crippen LogP contribution is -2.21. The smallest absolute Gasteiger partial charge is 0.0249 e. The van der Waals surface area contributed by atoms with Crippen LogP contribution in [0.3, 0.4) is 0 Å². The summed E-state index contributed by atoms with van der Waals surface area (Å²) in [6.45, 7) is 6.98. The first-order valence-corrected chi connectivity index (χ1v) is 13.2. The van der Waals surface area contributed by atoms with E-state index in [0.717, 1.165) is 5.33 Å². The van der Waals surface area contributed by atoms with Crippen molar-refractivity contribution in [1.82, 2.24) is 0 Å². The monoisotopic (exact) mass is 478 g/mol. The normalized spacial score (nSPS) is 15.5. The van der Waals surface area contributed by atoms with Crippen molar-refractivity contribution in [3.05, 3.63) is 102 Å². The summed E-state index contributed by atoms with van der Waals surface area (Å²) >= 11 is 3.57. The Balaban J connectivity index is 0.000000199. The summed E-state index contributed by atoms with van der Waals surface area (Å²) in [6, 6.07) is 32.3. The summed E-state index contributed by atoms with van der Waals surface area (Å²) in [6.07, 6.45) is 4.03. The number of halogens is 1. The Morgan fingerprint density at radius 2 is 1.13 bits per heavy atom. The largest absolute Gasteiger partial charge is 0.0880 e. The molecule has 0 nitrogen and oxygen atoms in total. The van der Waals surface area contributed by atoms with E-state index in [1.54, 1.807) is 11.1 Å². The van der Waals surface area contributed by atoms with Crippen molar-refractivity contribution < 1.29 is 0 Å². The number of benzene rings is 3. The van der Waals surface area contributed by atoms with Crippen molar-refractivity contribution in [3.63, 3.8) is 0 Å². The minimum Gasteiger partial charge on any atom is -0.0880 e. The molecule has 1 aliphatic carbocycles. The van der Waals surface area contributed by atoms with Crippen LogP contribution in [0.15, 0.2) is 102 Å². The van der Waals surface area contributed by atoms with Crippen molar-refractivity contribution in [2.24, 2.45) is 5.41 Å². The highest BCUT2D eigenvalue weighted by atomic mass is 79.9. The molecule has 0 atom stereocenters. The minimum absolute atomic E-state index is 0.446. The van der Waals surface area contributed by atoms with Gasteiger partial charge >= 0.3 is 0 Å². The molecule has 156 valence electrons. The van der Waals surface area contributed by atoms with Gasteiger partial charge in [-0.2, -0.15) is 0 Å². The molecule has 3 aromatic rings. The van der Waals surface area contributed by atoms with Crippen LogP contribution in [0.1, 0.15) is 40.0 Å². The van der Waals surface area contributed by atoms with E-state index in [1.165, 1.54) is 35.2 Å². The molecule has 0 aromatic heterocycles. The van der Waals surface area contributed by atoms with E-state index >= 15 is 0 Å². The summed E-state index contributed by atoms with van der Waals surface area (Å²) in [7, 11) is -0.446. The third kappa shape index (κ3) is 5.93. The van der Waals surface area contributed by atoms with E-state index < -0.39 is 7.92 Å². The van der Waals surface area contributed by atoms with Gasteiger partial charge in [-0.15, -0.1) is 0 Å². The molecule has 30 heavy (non-hydrogen) atoms. The van der Waals surface area contributed by atoms with Gasteiger partial charge in [0.05, 0.1) is 0 Å². The lowest BCUT2D eigenvalue weighted by Gasteiger charge is -2.33. The van der Waals surface area contributed by atoms with Crippen molar-refractivity contribution in [2.75, 3.05) is 5.33 Å². The van der Waals surface area contributed by atoms with Gasteiger partial charge in [0.25, 0.3) is 0 Å². The van der Waals surface area contributed by atoms with Crippen LogP contribution in [0, 0.1) is 5.41 Å². The predicted octanol–water partition coefficient (Wildman–Crippen LogP) is 7.35. The fourth-order valence-electron chi connectivity index (χ4n) is 4.15. The van der Waals surface area contributed by atoms with E-state index in [2.05, 4.69) is 128 Å². The van der Waals surface area contributed by atoms with Gasteiger partial charge in [0.2, 0.25) is 0 Å². The Morgan fingerprint density at radius 3 is 1.43 bits per heavy atom. The van der Waals surface area contributed by atoms with E-state index in [0.29, 0.717) is 5.41 Å². The van der Waals surface area contributed by atoms with Gasteiger partial charge in [-0.25, -0.2) is 0 Å². The highest BCUT2D eigenvalue weighted by molar-refractivity contribution is 9.09. The summed E-state index contributed by atoms with van der Waals surface area (Å²) < 4.78 is 0. The van der Waals surface area contributed by atoms with Crippen LogP contribution in [-0.2, 0) is 0 Å². The van der Waals surface area contributed by atoms with Crippen molar-refractivity contribution in [2.45, 2.75) is 40.0 Å². The van der Waals surface area contributed by atoms with Gasteiger partial charge in [-0.3, -0.25) is 0 Å². The summed E-state index contributed by atoms with van der Waals surface area (Å²) in [5.41, 5.74) is 3.69. The Bertz CT molecular complexity index is 836. The molecule has 2 heteroatoms. The van der Waals surface area contributed by atoms with Gasteiger partial charge in [0.15, 0.2) is 0 Å². The summed E-state index contributed by atoms with van der Waals surface area (Å²) in [4.78, 5) is 0. The van der Waals surface area contributed by atoms with Crippen molar-refractivity contribution >= 4 is 39.8 Å². The molecule has 3 aromatic carbocycles. The topological polar surface area (TPSA) is 0 Å². The van der Waals surface area contributed by atoms with Crippen LogP contribution in [0.4, 0.5) is 0 Å². The number of hydrogen-bond acceptors (Lipinski definition) is 0. The molecular formula is C28H32BrP. The molecule has 0 heterocycles. The third-order valence-corrected chi connectivity index (χ3v) is 8.87. The fourth-order valence-corrected chi connectivity index (χ4v) is 7.69. The van der Waals surface area contributed by atoms with Gasteiger partial charge < -0.3 is 0 Å². The number of rotatable bonds is 4. The summed E-state index contributed by atoms with van der Waals surface area (Å²) in [5.74, 6) is 0. The zero-order valence-corrected chi connectivity index (χ0v) is 20.8. The Morgan fingerprint density at radius 1 is 0.733 bits per heavy atom. The van der Waals surface area contributed by atoms with Crippen LogP contribution in [0.5, 0.6) is 0 Å². The maximum absolute atomic E-state index is 3.57. The second kappa shape index (κ2) is 11.1. The molecule has 4 rings (SSSR count). The molecule has 0 saturated carbocycles. The third-order valence-electron chi connectivity index (χ3n) is 5.86. The molecule has 0 fully saturated rings. The molecule has 0 bridgehead atoms. The predicted molar refractivity (Wildman–Crippen MR) is 139 cm³/mol. The van der Waals surface area contributed by atoms with Crippen molar-refractivity contribution in [3.8, 4) is 0 Å². The maximum Gasteiger partial charge on any atom is 0.0249 e. The van der Waals surface area contributed by atoms with Gasteiger partial charge in [-0.05, 0) is 55.4 Å². The van der Waals surface area contributed by atoms with E-state index in [9.17, 15) is 0 Å². The maximum atomic E-state index is 3.57. The number of hydrogen-bond donors (Lipinski definition) is 0. The second-order valence-electron chi connectivity index (χ2n) is 8.47. The fraction of sp³-hybridized carbons (Fsp3) is 0.286. The van der Waals surface area contributed by atoms with E-state index in [1.807, 2.05) is 0 Å². The molecule has 0 spiro atoms. The first-order chi connectivity index (χ1) is 14.5. The van der Waals surface area contributed by atoms with Gasteiger partial charge in [0, 0.05) is 5.33 Å². The average Bonchev–Trinajstić information content (AvgIpc) is 2.76. The van der Waals surface area contributed by atoms with E-state index in [-0.39, 0.29) is 0 Å². The molecule has 0 amide bonds. The van der Waals surface area contributed by atoms with Crippen LogP contribution >= 0.6 is 23.9 Å². The molecule has 0 aliphatic heterocycles. The molecular weight excluding hydrogens is 447 g/mol. The summed E-state index contributed by atoms with van der Waals surface area (Å²) in [5, 5.41) is 5.26. The van der Waals surface area contributed by atoms with E-state index in [4.69, 9.17) is 0 Å².